The Balaban J connectivity index is 1.95. The lowest BCUT2D eigenvalue weighted by atomic mass is 10.0. The summed E-state index contributed by atoms with van der Waals surface area (Å²) in [5.74, 6) is 1.10. The summed E-state index contributed by atoms with van der Waals surface area (Å²) in [6, 6.07) is 11.1. The number of aromatic nitrogens is 2. The number of carbonyl (C=O) groups is 1. The molecular weight excluding hydrogens is 302 g/mol. The Kier molecular flexibility index (Phi) is 6.12. The molecule has 0 unspecified atom stereocenters. The monoisotopic (exact) mass is 327 g/mol. The first kappa shape index (κ1) is 17.7. The second-order valence-corrected chi connectivity index (χ2v) is 6.18. The molecule has 0 bridgehead atoms. The van der Waals surface area contributed by atoms with Gasteiger partial charge in [0.2, 0.25) is 0 Å². The number of hydrogen-bond acceptors (Lipinski definition) is 4. The minimum atomic E-state index is -0.226. The van der Waals surface area contributed by atoms with Gasteiger partial charge in [0.25, 0.3) is 0 Å². The molecule has 6 nitrogen and oxygen atoms in total. The Labute approximate surface area is 143 Å². The maximum Gasteiger partial charge on any atom is 0.315 e. The topological polar surface area (TPSA) is 70.2 Å². The van der Waals surface area contributed by atoms with E-state index in [2.05, 4.69) is 34.4 Å². The van der Waals surface area contributed by atoms with Crippen molar-refractivity contribution in [3.8, 4) is 0 Å². The molecular formula is C18H25N5O. The maximum absolute atomic E-state index is 12.2. The Bertz CT molecular complexity index is 657. The molecule has 0 aromatic carbocycles. The van der Waals surface area contributed by atoms with Crippen molar-refractivity contribution < 1.29 is 4.79 Å². The number of nitrogens with zero attached hydrogens (tertiary/aromatic N) is 3. The third kappa shape index (κ3) is 4.94. The van der Waals surface area contributed by atoms with Crippen LogP contribution in [-0.2, 0) is 6.54 Å². The fraction of sp³-hybridized carbons (Fsp3) is 0.389. The summed E-state index contributed by atoms with van der Waals surface area (Å²) in [5, 5.41) is 5.85. The Morgan fingerprint density at radius 3 is 2.58 bits per heavy atom. The number of urea groups is 1. The first-order valence-corrected chi connectivity index (χ1v) is 8.06. The highest BCUT2D eigenvalue weighted by Crippen LogP contribution is 2.19. The maximum atomic E-state index is 12.2. The largest absolute Gasteiger partial charge is 0.363 e. The van der Waals surface area contributed by atoms with E-state index < -0.39 is 0 Å². The van der Waals surface area contributed by atoms with Gasteiger partial charge in [0.15, 0.2) is 0 Å². The third-order valence-electron chi connectivity index (χ3n) is 3.64. The molecule has 2 heterocycles. The van der Waals surface area contributed by atoms with Gasteiger partial charge in [-0.1, -0.05) is 26.0 Å². The van der Waals surface area contributed by atoms with Crippen LogP contribution in [0.25, 0.3) is 0 Å². The van der Waals surface area contributed by atoms with E-state index in [9.17, 15) is 4.79 Å². The first-order valence-electron chi connectivity index (χ1n) is 8.06. The lowest BCUT2D eigenvalue weighted by molar-refractivity contribution is 0.232. The van der Waals surface area contributed by atoms with Gasteiger partial charge in [0, 0.05) is 20.3 Å². The minimum Gasteiger partial charge on any atom is -0.363 e. The van der Waals surface area contributed by atoms with Crippen LogP contribution in [0.15, 0.2) is 42.6 Å². The molecule has 0 saturated heterocycles. The van der Waals surface area contributed by atoms with E-state index in [4.69, 9.17) is 0 Å². The van der Waals surface area contributed by atoms with Gasteiger partial charge >= 0.3 is 6.03 Å². The SMILES string of the molecule is CC(C)[C@H](NC(=O)NCc1cccc(N(C)C)n1)c1ccccn1. The molecule has 2 aromatic heterocycles. The standard InChI is InChI=1S/C18H25N5O/c1-13(2)17(15-9-5-6-11-19-15)22-18(24)20-12-14-8-7-10-16(21-14)23(3)4/h5-11,13,17H,12H2,1-4H3,(H2,20,22,24)/t17-/m0/s1. The molecule has 0 aliphatic carbocycles. The average molecular weight is 327 g/mol. The van der Waals surface area contributed by atoms with Crippen LogP contribution in [0.1, 0.15) is 31.3 Å². The fourth-order valence-electron chi connectivity index (χ4n) is 2.32. The van der Waals surface area contributed by atoms with Gasteiger partial charge in [-0.05, 0) is 30.2 Å². The van der Waals surface area contributed by atoms with E-state index in [1.165, 1.54) is 0 Å². The van der Waals surface area contributed by atoms with Crippen molar-refractivity contribution in [3.05, 3.63) is 54.0 Å². The van der Waals surface area contributed by atoms with Crippen LogP contribution in [-0.4, -0.2) is 30.1 Å². The Hall–Kier alpha value is -2.63. The molecule has 0 spiro atoms. The van der Waals surface area contributed by atoms with Crippen LogP contribution >= 0.6 is 0 Å². The normalized spacial score (nSPS) is 11.9. The van der Waals surface area contributed by atoms with Crippen LogP contribution < -0.4 is 15.5 Å². The molecule has 0 aliphatic rings. The van der Waals surface area contributed by atoms with Crippen LogP contribution in [0.4, 0.5) is 10.6 Å². The number of nitrogens with one attached hydrogen (secondary N) is 2. The summed E-state index contributed by atoms with van der Waals surface area (Å²) in [7, 11) is 3.87. The van der Waals surface area contributed by atoms with Gasteiger partial charge in [-0.3, -0.25) is 4.98 Å². The Morgan fingerprint density at radius 1 is 1.17 bits per heavy atom. The summed E-state index contributed by atoms with van der Waals surface area (Å²) in [6.45, 7) is 4.49. The number of hydrogen-bond donors (Lipinski definition) is 2. The predicted octanol–water partition coefficient (Wildman–Crippen LogP) is 2.74. The molecule has 2 amide bonds. The van der Waals surface area contributed by atoms with Gasteiger partial charge in [-0.2, -0.15) is 0 Å². The number of carbonyl (C=O) groups excluding carboxylic acids is 1. The highest BCUT2D eigenvalue weighted by atomic mass is 16.2. The van der Waals surface area contributed by atoms with Gasteiger partial charge in [-0.15, -0.1) is 0 Å². The van der Waals surface area contributed by atoms with Gasteiger partial charge < -0.3 is 15.5 Å². The van der Waals surface area contributed by atoms with Gasteiger partial charge in [-0.25, -0.2) is 9.78 Å². The van der Waals surface area contributed by atoms with Crippen molar-refractivity contribution in [2.24, 2.45) is 5.92 Å². The van der Waals surface area contributed by atoms with Crippen molar-refractivity contribution in [1.82, 2.24) is 20.6 Å². The summed E-state index contributed by atoms with van der Waals surface area (Å²) in [5.41, 5.74) is 1.67. The number of anilines is 1. The van der Waals surface area contributed by atoms with Crippen molar-refractivity contribution in [2.75, 3.05) is 19.0 Å². The Morgan fingerprint density at radius 2 is 1.96 bits per heavy atom. The molecule has 2 N–H and O–H groups in total. The zero-order chi connectivity index (χ0) is 17.5. The third-order valence-corrected chi connectivity index (χ3v) is 3.64. The van der Waals surface area contributed by atoms with E-state index in [0.29, 0.717) is 6.54 Å². The van der Waals surface area contributed by atoms with Crippen LogP contribution in [0.3, 0.4) is 0 Å². The summed E-state index contributed by atoms with van der Waals surface area (Å²) in [6.07, 6.45) is 1.74. The molecule has 128 valence electrons. The molecule has 24 heavy (non-hydrogen) atoms. The summed E-state index contributed by atoms with van der Waals surface area (Å²) < 4.78 is 0. The van der Waals surface area contributed by atoms with E-state index in [-0.39, 0.29) is 18.0 Å². The smallest absolute Gasteiger partial charge is 0.315 e. The molecule has 0 fully saturated rings. The van der Waals surface area contributed by atoms with E-state index in [1.54, 1.807) is 6.20 Å². The van der Waals surface area contributed by atoms with Crippen molar-refractivity contribution in [3.63, 3.8) is 0 Å². The van der Waals surface area contributed by atoms with Crippen LogP contribution in [0.2, 0.25) is 0 Å². The van der Waals surface area contributed by atoms with E-state index in [0.717, 1.165) is 17.2 Å². The van der Waals surface area contributed by atoms with Crippen molar-refractivity contribution in [2.45, 2.75) is 26.4 Å². The molecule has 6 heteroatoms. The van der Waals surface area contributed by atoms with Crippen molar-refractivity contribution in [1.29, 1.82) is 0 Å². The molecule has 0 radical (unpaired) electrons. The summed E-state index contributed by atoms with van der Waals surface area (Å²) in [4.78, 5) is 23.0. The van der Waals surface area contributed by atoms with E-state index >= 15 is 0 Å². The first-order chi connectivity index (χ1) is 11.5. The van der Waals surface area contributed by atoms with Crippen LogP contribution in [0.5, 0.6) is 0 Å². The van der Waals surface area contributed by atoms with Crippen LogP contribution in [0, 0.1) is 5.92 Å². The quantitative estimate of drug-likeness (QED) is 0.856. The zero-order valence-electron chi connectivity index (χ0n) is 14.7. The van der Waals surface area contributed by atoms with Gasteiger partial charge in [0.05, 0.1) is 24.0 Å². The lowest BCUT2D eigenvalue weighted by Gasteiger charge is -2.22. The number of rotatable bonds is 6. The zero-order valence-corrected chi connectivity index (χ0v) is 14.7. The number of amides is 2. The van der Waals surface area contributed by atoms with Crippen molar-refractivity contribution >= 4 is 11.8 Å². The molecule has 2 rings (SSSR count). The minimum absolute atomic E-state index is 0.132. The molecule has 1 atom stereocenters. The highest BCUT2D eigenvalue weighted by Gasteiger charge is 2.19. The predicted molar refractivity (Wildman–Crippen MR) is 95.8 cm³/mol. The number of pyridine rings is 2. The molecule has 0 aliphatic heterocycles. The lowest BCUT2D eigenvalue weighted by Crippen LogP contribution is -2.39. The van der Waals surface area contributed by atoms with Gasteiger partial charge in [0.1, 0.15) is 5.82 Å². The summed E-state index contributed by atoms with van der Waals surface area (Å²) >= 11 is 0. The second-order valence-electron chi connectivity index (χ2n) is 6.18. The average Bonchev–Trinajstić information content (AvgIpc) is 2.58. The highest BCUT2D eigenvalue weighted by molar-refractivity contribution is 5.74. The second kappa shape index (κ2) is 8.29. The fourth-order valence-corrected chi connectivity index (χ4v) is 2.32. The molecule has 2 aromatic rings. The molecule has 0 saturated carbocycles. The van der Waals surface area contributed by atoms with E-state index in [1.807, 2.05) is 55.4 Å².